The lowest BCUT2D eigenvalue weighted by molar-refractivity contribution is -0.383. The van der Waals surface area contributed by atoms with Crippen molar-refractivity contribution >= 4 is 34.5 Å². The summed E-state index contributed by atoms with van der Waals surface area (Å²) in [5.74, 6) is 0. The summed E-state index contributed by atoms with van der Waals surface area (Å²) in [6.07, 6.45) is 1.79. The Hall–Kier alpha value is -2.01. The van der Waals surface area contributed by atoms with Gasteiger partial charge in [0.05, 0.1) is 15.5 Å². The fraction of sp³-hybridized carbons (Fsp3) is 0. The zero-order valence-electron chi connectivity index (χ0n) is 7.88. The molecule has 0 atom stereocenters. The highest BCUT2D eigenvalue weighted by Crippen LogP contribution is 2.30. The first-order valence-corrected chi connectivity index (χ1v) is 4.69. The number of hydrogen-bond donors (Lipinski definition) is 0. The van der Waals surface area contributed by atoms with E-state index in [-0.39, 0.29) is 21.8 Å². The van der Waals surface area contributed by atoms with E-state index < -0.39 is 4.92 Å². The van der Waals surface area contributed by atoms with Gasteiger partial charge in [-0.1, -0.05) is 23.7 Å². The van der Waals surface area contributed by atoms with Crippen LogP contribution in [0.1, 0.15) is 10.4 Å². The molecule has 0 saturated carbocycles. The van der Waals surface area contributed by atoms with Gasteiger partial charge in [0, 0.05) is 17.6 Å². The van der Waals surface area contributed by atoms with Crippen molar-refractivity contribution in [3.63, 3.8) is 0 Å². The van der Waals surface area contributed by atoms with Crippen molar-refractivity contribution in [2.75, 3.05) is 0 Å². The van der Waals surface area contributed by atoms with E-state index in [4.69, 9.17) is 11.6 Å². The number of aldehydes is 1. The lowest BCUT2D eigenvalue weighted by atomic mass is 10.1. The molecule has 0 radical (unpaired) electrons. The second-order valence-corrected chi connectivity index (χ2v) is 3.45. The van der Waals surface area contributed by atoms with Gasteiger partial charge in [-0.3, -0.25) is 14.9 Å². The molecule has 0 fully saturated rings. The lowest BCUT2D eigenvalue weighted by Gasteiger charge is -2.02. The maximum Gasteiger partial charge on any atom is 0.295 e. The van der Waals surface area contributed by atoms with Gasteiger partial charge in [0.15, 0.2) is 6.29 Å². The first-order valence-electron chi connectivity index (χ1n) is 4.32. The molecule has 2 aromatic rings. The standard InChI is InChI=1S/C10H5ClN2O3/c11-9-6(5-14)4-12-10-7(9)2-1-3-8(10)13(15)16/h1-5H. The Morgan fingerprint density at radius 3 is 2.81 bits per heavy atom. The Morgan fingerprint density at radius 1 is 1.44 bits per heavy atom. The summed E-state index contributed by atoms with van der Waals surface area (Å²) in [6.45, 7) is 0. The third kappa shape index (κ3) is 1.51. The van der Waals surface area contributed by atoms with Crippen LogP contribution in [0.5, 0.6) is 0 Å². The van der Waals surface area contributed by atoms with Crippen molar-refractivity contribution in [3.05, 3.63) is 45.1 Å². The molecule has 0 saturated heterocycles. The van der Waals surface area contributed by atoms with Crippen LogP contribution in [0.3, 0.4) is 0 Å². The molecule has 0 spiro atoms. The number of para-hydroxylation sites is 1. The third-order valence-electron chi connectivity index (χ3n) is 2.16. The third-order valence-corrected chi connectivity index (χ3v) is 2.58. The molecule has 6 heteroatoms. The molecule has 0 N–H and O–H groups in total. The number of aromatic nitrogens is 1. The van der Waals surface area contributed by atoms with Gasteiger partial charge < -0.3 is 0 Å². The van der Waals surface area contributed by atoms with E-state index >= 15 is 0 Å². The van der Waals surface area contributed by atoms with Gasteiger partial charge in [-0.15, -0.1) is 0 Å². The average molecular weight is 237 g/mol. The molecule has 5 nitrogen and oxygen atoms in total. The largest absolute Gasteiger partial charge is 0.298 e. The molecule has 0 aliphatic rings. The molecule has 0 amide bonds. The molecule has 1 heterocycles. The summed E-state index contributed by atoms with van der Waals surface area (Å²) in [5, 5.41) is 11.3. The number of nitro groups is 1. The van der Waals surface area contributed by atoms with Crippen LogP contribution in [0.15, 0.2) is 24.4 Å². The second kappa shape index (κ2) is 3.86. The van der Waals surface area contributed by atoms with Crippen LogP contribution in [-0.2, 0) is 0 Å². The number of pyridine rings is 1. The average Bonchev–Trinajstić information content (AvgIpc) is 2.29. The predicted octanol–water partition coefficient (Wildman–Crippen LogP) is 2.61. The van der Waals surface area contributed by atoms with Crippen molar-refractivity contribution in [1.82, 2.24) is 4.98 Å². The number of non-ortho nitro benzene ring substituents is 1. The van der Waals surface area contributed by atoms with E-state index in [0.717, 1.165) is 0 Å². The zero-order chi connectivity index (χ0) is 11.7. The number of carbonyl (C=O) groups is 1. The first kappa shape index (κ1) is 10.5. The van der Waals surface area contributed by atoms with E-state index in [1.54, 1.807) is 6.07 Å². The van der Waals surface area contributed by atoms with E-state index in [2.05, 4.69) is 4.98 Å². The molecule has 0 aliphatic carbocycles. The van der Waals surface area contributed by atoms with E-state index in [9.17, 15) is 14.9 Å². The van der Waals surface area contributed by atoms with Gasteiger partial charge in [0.2, 0.25) is 0 Å². The maximum absolute atomic E-state index is 10.7. The van der Waals surface area contributed by atoms with Crippen molar-refractivity contribution in [2.24, 2.45) is 0 Å². The van der Waals surface area contributed by atoms with Gasteiger partial charge in [-0.05, 0) is 0 Å². The highest BCUT2D eigenvalue weighted by molar-refractivity contribution is 6.37. The smallest absolute Gasteiger partial charge is 0.295 e. The van der Waals surface area contributed by atoms with Gasteiger partial charge in [-0.2, -0.15) is 0 Å². The number of nitrogens with zero attached hydrogens (tertiary/aromatic N) is 2. The van der Waals surface area contributed by atoms with Gasteiger partial charge >= 0.3 is 0 Å². The topological polar surface area (TPSA) is 73.1 Å². The summed E-state index contributed by atoms with van der Waals surface area (Å²) < 4.78 is 0. The molecule has 80 valence electrons. The van der Waals surface area contributed by atoms with Crippen LogP contribution in [0.4, 0.5) is 5.69 Å². The van der Waals surface area contributed by atoms with Crippen molar-refractivity contribution in [2.45, 2.75) is 0 Å². The fourth-order valence-corrected chi connectivity index (χ4v) is 1.67. The lowest BCUT2D eigenvalue weighted by Crippen LogP contribution is -1.93. The predicted molar refractivity (Wildman–Crippen MR) is 58.8 cm³/mol. The van der Waals surface area contributed by atoms with Crippen LogP contribution < -0.4 is 0 Å². The van der Waals surface area contributed by atoms with Gasteiger partial charge in [0.1, 0.15) is 5.52 Å². The molecule has 0 aliphatic heterocycles. The normalized spacial score (nSPS) is 10.3. The minimum Gasteiger partial charge on any atom is -0.298 e. The summed E-state index contributed by atoms with van der Waals surface area (Å²) in [5.41, 5.74) is 0.273. The summed E-state index contributed by atoms with van der Waals surface area (Å²) in [7, 11) is 0. The number of carbonyl (C=O) groups excluding carboxylic acids is 1. The maximum atomic E-state index is 10.7. The van der Waals surface area contributed by atoms with E-state index in [0.29, 0.717) is 11.7 Å². The summed E-state index contributed by atoms with van der Waals surface area (Å²) in [6, 6.07) is 4.43. The SMILES string of the molecule is O=Cc1cnc2c([N+](=O)[O-])cccc2c1Cl. The van der Waals surface area contributed by atoms with E-state index in [1.165, 1.54) is 18.3 Å². The van der Waals surface area contributed by atoms with Crippen molar-refractivity contribution < 1.29 is 9.72 Å². The number of fused-ring (bicyclic) bond motifs is 1. The van der Waals surface area contributed by atoms with Crippen LogP contribution in [0, 0.1) is 10.1 Å². The number of halogens is 1. The second-order valence-electron chi connectivity index (χ2n) is 3.08. The Labute approximate surface area is 94.8 Å². The number of hydrogen-bond acceptors (Lipinski definition) is 4. The quantitative estimate of drug-likeness (QED) is 0.456. The Morgan fingerprint density at radius 2 is 2.19 bits per heavy atom. The zero-order valence-corrected chi connectivity index (χ0v) is 8.64. The molecule has 1 aromatic heterocycles. The molecular weight excluding hydrogens is 232 g/mol. The summed E-state index contributed by atoms with van der Waals surface area (Å²) >= 11 is 5.92. The monoisotopic (exact) mass is 236 g/mol. The number of rotatable bonds is 2. The van der Waals surface area contributed by atoms with Crippen LogP contribution in [0.2, 0.25) is 5.02 Å². The van der Waals surface area contributed by atoms with Crippen molar-refractivity contribution in [3.8, 4) is 0 Å². The van der Waals surface area contributed by atoms with Crippen LogP contribution >= 0.6 is 11.6 Å². The van der Waals surface area contributed by atoms with Gasteiger partial charge in [0.25, 0.3) is 5.69 Å². The number of benzene rings is 1. The molecule has 0 bridgehead atoms. The fourth-order valence-electron chi connectivity index (χ4n) is 1.42. The Bertz CT molecular complexity index is 598. The molecular formula is C10H5ClN2O3. The summed E-state index contributed by atoms with van der Waals surface area (Å²) in [4.78, 5) is 24.7. The Kier molecular flexibility index (Phi) is 2.54. The number of nitro benzene ring substituents is 1. The van der Waals surface area contributed by atoms with E-state index in [1.807, 2.05) is 0 Å². The van der Waals surface area contributed by atoms with Crippen molar-refractivity contribution in [1.29, 1.82) is 0 Å². The highest BCUT2D eigenvalue weighted by Gasteiger charge is 2.15. The molecule has 16 heavy (non-hydrogen) atoms. The van der Waals surface area contributed by atoms with Crippen LogP contribution in [0.25, 0.3) is 10.9 Å². The molecule has 0 unspecified atom stereocenters. The highest BCUT2D eigenvalue weighted by atomic mass is 35.5. The minimum atomic E-state index is -0.535. The minimum absolute atomic E-state index is 0.128. The van der Waals surface area contributed by atoms with Crippen LogP contribution in [-0.4, -0.2) is 16.2 Å². The van der Waals surface area contributed by atoms with Gasteiger partial charge in [-0.25, -0.2) is 4.98 Å². The molecule has 1 aromatic carbocycles. The first-order chi connectivity index (χ1) is 7.65. The molecule has 2 rings (SSSR count). The Balaban J connectivity index is 2.87.